The number of H-pyrrole nitrogens is 1. The molecule has 0 unspecified atom stereocenters. The minimum Gasteiger partial charge on any atom is -0.329 e. The number of anilines is 1. The highest BCUT2D eigenvalue weighted by Crippen LogP contribution is 2.04. The summed E-state index contributed by atoms with van der Waals surface area (Å²) in [4.78, 5) is 31.5. The van der Waals surface area contributed by atoms with Crippen molar-refractivity contribution >= 4 is 18.3 Å². The van der Waals surface area contributed by atoms with Gasteiger partial charge in [0, 0.05) is 25.9 Å². The van der Waals surface area contributed by atoms with Crippen LogP contribution in [0.15, 0.2) is 10.9 Å². The minimum absolute atomic E-state index is 0.156. The average molecular weight is 223 g/mol. The van der Waals surface area contributed by atoms with Crippen molar-refractivity contribution in [1.29, 1.82) is 5.41 Å². The summed E-state index contributed by atoms with van der Waals surface area (Å²) in [6.07, 6.45) is 0.882. The number of carbonyl (C=O) groups excluding carboxylic acids is 1. The van der Waals surface area contributed by atoms with Gasteiger partial charge in [-0.2, -0.15) is 4.98 Å². The number of nitrogens with one attached hydrogen (secondary N) is 2. The zero-order valence-electron chi connectivity index (χ0n) is 9.31. The SMILES string of the molecule is Cc1cc(=O)nc(N(C)C(=O)N(C)C=N)[nH]1. The van der Waals surface area contributed by atoms with Crippen molar-refractivity contribution < 1.29 is 4.79 Å². The predicted molar refractivity (Wildman–Crippen MR) is 59.9 cm³/mol. The van der Waals surface area contributed by atoms with Crippen molar-refractivity contribution in [3.63, 3.8) is 0 Å². The van der Waals surface area contributed by atoms with Gasteiger partial charge < -0.3 is 4.98 Å². The molecule has 7 nitrogen and oxygen atoms in total. The Morgan fingerprint density at radius 1 is 1.56 bits per heavy atom. The third kappa shape index (κ3) is 2.44. The summed E-state index contributed by atoms with van der Waals surface area (Å²) in [5, 5.41) is 6.94. The molecule has 0 spiro atoms. The van der Waals surface area contributed by atoms with Gasteiger partial charge in [0.15, 0.2) is 0 Å². The molecule has 86 valence electrons. The number of nitrogens with zero attached hydrogens (tertiary/aromatic N) is 3. The molecule has 0 fully saturated rings. The number of aromatic amines is 1. The standard InChI is InChI=1S/C9H13N5O2/c1-6-4-7(15)12-8(11-6)14(3)9(16)13(2)5-10/h4-5,10H,1-3H3,(H,11,12,15). The van der Waals surface area contributed by atoms with Crippen LogP contribution < -0.4 is 10.5 Å². The number of aromatic nitrogens is 2. The van der Waals surface area contributed by atoms with Crippen LogP contribution in [0.3, 0.4) is 0 Å². The molecular weight excluding hydrogens is 210 g/mol. The maximum atomic E-state index is 11.6. The average Bonchev–Trinajstić information content (AvgIpc) is 2.24. The fraction of sp³-hybridized carbons (Fsp3) is 0.333. The summed E-state index contributed by atoms with van der Waals surface area (Å²) in [6.45, 7) is 1.70. The molecule has 0 aliphatic heterocycles. The number of aryl methyl sites for hydroxylation is 1. The predicted octanol–water partition coefficient (Wildman–Crippen LogP) is 0.173. The molecule has 0 saturated heterocycles. The lowest BCUT2D eigenvalue weighted by Gasteiger charge is -2.20. The van der Waals surface area contributed by atoms with E-state index >= 15 is 0 Å². The van der Waals surface area contributed by atoms with Gasteiger partial charge in [-0.1, -0.05) is 0 Å². The number of hydrogen-bond donors (Lipinski definition) is 2. The van der Waals surface area contributed by atoms with Crippen LogP contribution in [-0.2, 0) is 0 Å². The van der Waals surface area contributed by atoms with E-state index in [1.807, 2.05) is 0 Å². The topological polar surface area (TPSA) is 93.2 Å². The second-order valence-electron chi connectivity index (χ2n) is 3.31. The van der Waals surface area contributed by atoms with Crippen molar-refractivity contribution in [3.8, 4) is 0 Å². The zero-order valence-corrected chi connectivity index (χ0v) is 9.31. The number of amides is 2. The van der Waals surface area contributed by atoms with E-state index in [4.69, 9.17) is 5.41 Å². The second kappa shape index (κ2) is 4.56. The Hall–Kier alpha value is -2.18. The van der Waals surface area contributed by atoms with E-state index in [1.165, 1.54) is 25.1 Å². The summed E-state index contributed by atoms with van der Waals surface area (Å²) in [5.41, 5.74) is 0.204. The lowest BCUT2D eigenvalue weighted by Crippen LogP contribution is -2.39. The first kappa shape index (κ1) is 11.9. The van der Waals surface area contributed by atoms with Gasteiger partial charge in [-0.25, -0.2) is 4.79 Å². The summed E-state index contributed by atoms with van der Waals surface area (Å²) >= 11 is 0. The van der Waals surface area contributed by atoms with E-state index in [0.717, 1.165) is 11.2 Å². The summed E-state index contributed by atoms with van der Waals surface area (Å²) in [5.74, 6) is 0.156. The van der Waals surface area contributed by atoms with Gasteiger partial charge in [0.2, 0.25) is 5.95 Å². The molecule has 1 aromatic rings. The molecule has 0 bridgehead atoms. The first-order valence-electron chi connectivity index (χ1n) is 4.54. The van der Waals surface area contributed by atoms with Crippen LogP contribution in [-0.4, -0.2) is 41.3 Å². The summed E-state index contributed by atoms with van der Waals surface area (Å²) < 4.78 is 0. The first-order valence-corrected chi connectivity index (χ1v) is 4.54. The molecule has 2 N–H and O–H groups in total. The lowest BCUT2D eigenvalue weighted by molar-refractivity contribution is 0.234. The van der Waals surface area contributed by atoms with Crippen LogP contribution in [0, 0.1) is 12.3 Å². The Balaban J connectivity index is 3.04. The first-order chi connectivity index (χ1) is 7.45. The highest BCUT2D eigenvalue weighted by Gasteiger charge is 2.16. The number of urea groups is 1. The molecule has 0 atom stereocenters. The third-order valence-corrected chi connectivity index (χ3v) is 1.97. The number of hydrogen-bond acceptors (Lipinski definition) is 4. The van der Waals surface area contributed by atoms with Crippen molar-refractivity contribution in [3.05, 3.63) is 22.1 Å². The van der Waals surface area contributed by atoms with Gasteiger partial charge in [0.25, 0.3) is 5.56 Å². The second-order valence-corrected chi connectivity index (χ2v) is 3.31. The fourth-order valence-corrected chi connectivity index (χ4v) is 1.10. The minimum atomic E-state index is -0.455. The van der Waals surface area contributed by atoms with Crippen LogP contribution in [0.25, 0.3) is 0 Å². The van der Waals surface area contributed by atoms with Gasteiger partial charge in [0.1, 0.15) is 0 Å². The smallest absolute Gasteiger partial charge is 0.329 e. The molecule has 1 rings (SSSR count). The van der Waals surface area contributed by atoms with Crippen molar-refractivity contribution in [1.82, 2.24) is 14.9 Å². The maximum absolute atomic E-state index is 11.6. The van der Waals surface area contributed by atoms with E-state index in [2.05, 4.69) is 9.97 Å². The molecule has 1 heterocycles. The zero-order chi connectivity index (χ0) is 12.3. The van der Waals surface area contributed by atoms with E-state index in [-0.39, 0.29) is 5.95 Å². The van der Waals surface area contributed by atoms with Gasteiger partial charge in [0.05, 0.1) is 6.34 Å². The van der Waals surface area contributed by atoms with Gasteiger partial charge in [-0.15, -0.1) is 0 Å². The number of rotatable bonds is 2. The lowest BCUT2D eigenvalue weighted by atomic mass is 10.4. The molecule has 0 saturated carbocycles. The van der Waals surface area contributed by atoms with Crippen LogP contribution in [0.2, 0.25) is 0 Å². The molecule has 0 radical (unpaired) electrons. The van der Waals surface area contributed by atoms with Crippen molar-refractivity contribution in [2.75, 3.05) is 19.0 Å². The Morgan fingerprint density at radius 3 is 2.69 bits per heavy atom. The van der Waals surface area contributed by atoms with Crippen molar-refractivity contribution in [2.24, 2.45) is 0 Å². The monoisotopic (exact) mass is 223 g/mol. The number of carbonyl (C=O) groups is 1. The largest absolute Gasteiger partial charge is 0.331 e. The maximum Gasteiger partial charge on any atom is 0.331 e. The summed E-state index contributed by atoms with van der Waals surface area (Å²) in [7, 11) is 2.92. The Bertz CT molecular complexity index is 467. The summed E-state index contributed by atoms with van der Waals surface area (Å²) in [6, 6.07) is 0.881. The highest BCUT2D eigenvalue weighted by molar-refractivity contribution is 5.95. The molecule has 0 aromatic carbocycles. The van der Waals surface area contributed by atoms with Gasteiger partial charge >= 0.3 is 6.03 Å². The van der Waals surface area contributed by atoms with E-state index < -0.39 is 11.6 Å². The van der Waals surface area contributed by atoms with E-state index in [9.17, 15) is 9.59 Å². The molecule has 0 aliphatic carbocycles. The van der Waals surface area contributed by atoms with Gasteiger partial charge in [-0.3, -0.25) is 20.0 Å². The van der Waals surface area contributed by atoms with E-state index in [1.54, 1.807) is 6.92 Å². The Labute approximate surface area is 92.2 Å². The van der Waals surface area contributed by atoms with Crippen LogP contribution in [0.5, 0.6) is 0 Å². The molecule has 16 heavy (non-hydrogen) atoms. The van der Waals surface area contributed by atoms with E-state index in [0.29, 0.717) is 5.69 Å². The van der Waals surface area contributed by atoms with Crippen molar-refractivity contribution in [2.45, 2.75) is 6.92 Å². The molecule has 2 amide bonds. The molecule has 0 aliphatic rings. The van der Waals surface area contributed by atoms with Crippen LogP contribution in [0.4, 0.5) is 10.7 Å². The quantitative estimate of drug-likeness (QED) is 0.553. The molecular formula is C9H13N5O2. The fourth-order valence-electron chi connectivity index (χ4n) is 1.10. The Morgan fingerprint density at radius 2 is 2.19 bits per heavy atom. The normalized spacial score (nSPS) is 9.69. The molecule has 1 aromatic heterocycles. The van der Waals surface area contributed by atoms with Crippen LogP contribution in [0.1, 0.15) is 5.69 Å². The Kier molecular flexibility index (Phi) is 3.39. The third-order valence-electron chi connectivity index (χ3n) is 1.97. The van der Waals surface area contributed by atoms with Gasteiger partial charge in [-0.05, 0) is 6.92 Å². The highest BCUT2D eigenvalue weighted by atomic mass is 16.2. The molecule has 7 heteroatoms. The van der Waals surface area contributed by atoms with Crippen LogP contribution >= 0.6 is 0 Å².